The smallest absolute Gasteiger partial charge is 0.313 e. The van der Waals surface area contributed by atoms with Crippen molar-refractivity contribution in [3.8, 4) is 11.4 Å². The van der Waals surface area contributed by atoms with Crippen molar-refractivity contribution in [2.75, 3.05) is 11.9 Å². The van der Waals surface area contributed by atoms with Gasteiger partial charge in [-0.3, -0.25) is 19.7 Å². The average molecular weight is 454 g/mol. The van der Waals surface area contributed by atoms with Crippen LogP contribution in [0, 0.1) is 15.9 Å². The van der Waals surface area contributed by atoms with Crippen molar-refractivity contribution in [3.05, 3.63) is 75.5 Å². The number of non-ortho nitro benzene ring substituents is 1. The number of carbonyl (C=O) groups excluding carboxylic acids is 2. The fourth-order valence-electron chi connectivity index (χ4n) is 2.92. The van der Waals surface area contributed by atoms with Gasteiger partial charge in [0.1, 0.15) is 5.82 Å². The van der Waals surface area contributed by atoms with Gasteiger partial charge >= 0.3 is 11.8 Å². The van der Waals surface area contributed by atoms with Crippen LogP contribution in [-0.2, 0) is 16.0 Å². The summed E-state index contributed by atoms with van der Waals surface area (Å²) in [5.41, 5.74) is 0.967. The summed E-state index contributed by atoms with van der Waals surface area (Å²) in [4.78, 5) is 39.2. The lowest BCUT2D eigenvalue weighted by atomic mass is 10.2. The van der Waals surface area contributed by atoms with E-state index >= 15 is 0 Å². The molecule has 0 atom stereocenters. The zero-order valence-corrected chi connectivity index (χ0v) is 17.1. The van der Waals surface area contributed by atoms with E-state index in [1.807, 2.05) is 5.38 Å². The first-order valence-corrected chi connectivity index (χ1v) is 10.2. The topological polar surface area (TPSA) is 132 Å². The molecule has 0 saturated carbocycles. The fraction of sp³-hybridized carbons (Fsp3) is 0.100. The van der Waals surface area contributed by atoms with E-state index in [-0.39, 0.29) is 23.7 Å². The van der Waals surface area contributed by atoms with Crippen LogP contribution in [0.3, 0.4) is 0 Å². The minimum absolute atomic E-state index is 0.141. The molecule has 0 spiro atoms. The summed E-state index contributed by atoms with van der Waals surface area (Å²) in [5, 5.41) is 21.8. The van der Waals surface area contributed by atoms with E-state index in [4.69, 9.17) is 0 Å². The molecule has 2 amide bonds. The SMILES string of the molecule is O=C(NCCc1csc2nc(-c3ccccc3F)nn12)C(=O)Nc1cccc([N+](=O)[O-])c1. The van der Waals surface area contributed by atoms with E-state index in [0.717, 1.165) is 11.8 Å². The average Bonchev–Trinajstić information content (AvgIpc) is 3.35. The van der Waals surface area contributed by atoms with Crippen LogP contribution in [0.5, 0.6) is 0 Å². The maximum Gasteiger partial charge on any atom is 0.313 e. The molecule has 0 saturated heterocycles. The number of amides is 2. The van der Waals surface area contributed by atoms with Gasteiger partial charge in [-0.1, -0.05) is 18.2 Å². The molecule has 0 aliphatic rings. The van der Waals surface area contributed by atoms with E-state index in [9.17, 15) is 24.1 Å². The third-order valence-electron chi connectivity index (χ3n) is 4.45. The molecule has 0 aliphatic carbocycles. The number of thiazole rings is 1. The van der Waals surface area contributed by atoms with E-state index in [1.165, 1.54) is 35.6 Å². The van der Waals surface area contributed by atoms with Gasteiger partial charge in [-0.25, -0.2) is 8.91 Å². The Morgan fingerprint density at radius 1 is 1.16 bits per heavy atom. The van der Waals surface area contributed by atoms with Crippen LogP contribution in [0.15, 0.2) is 53.9 Å². The molecule has 4 aromatic rings. The number of nitro benzene ring substituents is 1. The first-order chi connectivity index (χ1) is 15.4. The van der Waals surface area contributed by atoms with E-state index in [2.05, 4.69) is 20.7 Å². The first-order valence-electron chi connectivity index (χ1n) is 9.34. The van der Waals surface area contributed by atoms with Crippen molar-refractivity contribution in [2.45, 2.75) is 6.42 Å². The summed E-state index contributed by atoms with van der Waals surface area (Å²) in [6, 6.07) is 11.5. The summed E-state index contributed by atoms with van der Waals surface area (Å²) >= 11 is 1.33. The summed E-state index contributed by atoms with van der Waals surface area (Å²) in [6.07, 6.45) is 0.357. The van der Waals surface area contributed by atoms with Crippen LogP contribution < -0.4 is 10.6 Å². The number of benzene rings is 2. The second-order valence-corrected chi connectivity index (χ2v) is 7.44. The third-order valence-corrected chi connectivity index (χ3v) is 5.32. The lowest BCUT2D eigenvalue weighted by molar-refractivity contribution is -0.384. The molecular weight excluding hydrogens is 439 g/mol. The van der Waals surface area contributed by atoms with Gasteiger partial charge in [0, 0.05) is 36.2 Å². The summed E-state index contributed by atoms with van der Waals surface area (Å²) in [7, 11) is 0. The minimum Gasteiger partial charge on any atom is -0.347 e. The molecule has 0 bridgehead atoms. The van der Waals surface area contributed by atoms with Gasteiger partial charge in [0.15, 0.2) is 5.82 Å². The minimum atomic E-state index is -0.941. The Kier molecular flexibility index (Phi) is 5.85. The number of nitrogens with one attached hydrogen (secondary N) is 2. The predicted molar refractivity (Wildman–Crippen MR) is 115 cm³/mol. The monoisotopic (exact) mass is 454 g/mol. The number of hydrogen-bond acceptors (Lipinski definition) is 7. The van der Waals surface area contributed by atoms with Crippen LogP contribution in [-0.4, -0.2) is 37.9 Å². The Hall–Kier alpha value is -4.19. The van der Waals surface area contributed by atoms with E-state index in [0.29, 0.717) is 16.9 Å². The Morgan fingerprint density at radius 2 is 1.97 bits per heavy atom. The molecule has 0 fully saturated rings. The lowest BCUT2D eigenvalue weighted by Gasteiger charge is -2.06. The van der Waals surface area contributed by atoms with Gasteiger partial charge < -0.3 is 10.6 Å². The van der Waals surface area contributed by atoms with Crippen molar-refractivity contribution in [2.24, 2.45) is 0 Å². The van der Waals surface area contributed by atoms with Crippen LogP contribution in [0.4, 0.5) is 15.8 Å². The number of rotatable bonds is 6. The van der Waals surface area contributed by atoms with E-state index in [1.54, 1.807) is 22.7 Å². The molecule has 10 nitrogen and oxygen atoms in total. The fourth-order valence-corrected chi connectivity index (χ4v) is 3.78. The van der Waals surface area contributed by atoms with Crippen molar-refractivity contribution in [1.82, 2.24) is 19.9 Å². The second kappa shape index (κ2) is 8.89. The highest BCUT2D eigenvalue weighted by Gasteiger charge is 2.17. The molecule has 12 heteroatoms. The third kappa shape index (κ3) is 4.44. The number of fused-ring (bicyclic) bond motifs is 1. The zero-order chi connectivity index (χ0) is 22.7. The van der Waals surface area contributed by atoms with Crippen LogP contribution >= 0.6 is 11.3 Å². The molecule has 162 valence electrons. The van der Waals surface area contributed by atoms with Gasteiger partial charge in [0.25, 0.3) is 5.69 Å². The van der Waals surface area contributed by atoms with Gasteiger partial charge in [0.05, 0.1) is 16.2 Å². The molecular formula is C20H15FN6O4S. The largest absolute Gasteiger partial charge is 0.347 e. The Balaban J connectivity index is 1.36. The van der Waals surface area contributed by atoms with Gasteiger partial charge in [-0.2, -0.15) is 4.98 Å². The molecule has 4 rings (SSSR count). The highest BCUT2D eigenvalue weighted by molar-refractivity contribution is 7.15. The number of carbonyl (C=O) groups is 2. The molecule has 32 heavy (non-hydrogen) atoms. The molecule has 2 heterocycles. The van der Waals surface area contributed by atoms with Gasteiger partial charge in [-0.15, -0.1) is 16.4 Å². The maximum absolute atomic E-state index is 14.0. The van der Waals surface area contributed by atoms with Gasteiger partial charge in [0.2, 0.25) is 4.96 Å². The number of nitro groups is 1. The lowest BCUT2D eigenvalue weighted by Crippen LogP contribution is -2.36. The highest BCUT2D eigenvalue weighted by atomic mass is 32.1. The quantitative estimate of drug-likeness (QED) is 0.262. The second-order valence-electron chi connectivity index (χ2n) is 6.60. The van der Waals surface area contributed by atoms with Crippen LogP contribution in [0.2, 0.25) is 0 Å². The molecule has 2 aromatic carbocycles. The van der Waals surface area contributed by atoms with E-state index < -0.39 is 22.6 Å². The Bertz CT molecular complexity index is 1330. The molecule has 0 aliphatic heterocycles. The number of halogens is 1. The molecule has 0 unspecified atom stereocenters. The van der Waals surface area contributed by atoms with Crippen molar-refractivity contribution < 1.29 is 18.9 Å². The number of hydrogen-bond donors (Lipinski definition) is 2. The van der Waals surface area contributed by atoms with Crippen molar-refractivity contribution >= 4 is 39.5 Å². The maximum atomic E-state index is 14.0. The molecule has 2 N–H and O–H groups in total. The summed E-state index contributed by atoms with van der Waals surface area (Å²) < 4.78 is 15.6. The normalized spacial score (nSPS) is 10.8. The van der Waals surface area contributed by atoms with Crippen LogP contribution in [0.1, 0.15) is 5.69 Å². The zero-order valence-electron chi connectivity index (χ0n) is 16.3. The first kappa shape index (κ1) is 21.1. The van der Waals surface area contributed by atoms with Crippen molar-refractivity contribution in [3.63, 3.8) is 0 Å². The molecule has 0 radical (unpaired) electrons. The molecule has 2 aromatic heterocycles. The van der Waals surface area contributed by atoms with Gasteiger partial charge in [-0.05, 0) is 18.2 Å². The highest BCUT2D eigenvalue weighted by Crippen LogP contribution is 2.23. The van der Waals surface area contributed by atoms with Crippen LogP contribution in [0.25, 0.3) is 16.3 Å². The number of nitrogens with zero attached hydrogens (tertiary/aromatic N) is 4. The Labute approximate surface area is 183 Å². The number of aromatic nitrogens is 3. The predicted octanol–water partition coefficient (Wildman–Crippen LogP) is 2.80. The standard InChI is InChI=1S/C20H15FN6O4S/c21-16-7-2-1-6-15(16)17-24-20-26(25-17)14(11-32-20)8-9-22-18(28)19(29)23-12-4-3-5-13(10-12)27(30)31/h1-7,10-11H,8-9H2,(H,22,28)(H,23,29). The summed E-state index contributed by atoms with van der Waals surface area (Å²) in [6.45, 7) is 0.141. The van der Waals surface area contributed by atoms with Crippen molar-refractivity contribution in [1.29, 1.82) is 0 Å². The summed E-state index contributed by atoms with van der Waals surface area (Å²) in [5.74, 6) is -1.98. The Morgan fingerprint density at radius 3 is 2.75 bits per heavy atom. The number of anilines is 1.